The predicted octanol–water partition coefficient (Wildman–Crippen LogP) is 3.76. The van der Waals surface area contributed by atoms with Crippen molar-refractivity contribution in [1.82, 2.24) is 4.98 Å². The summed E-state index contributed by atoms with van der Waals surface area (Å²) >= 11 is 2.20. The molecule has 1 amide bonds. The average molecular weight is 381 g/mol. The SMILES string of the molecule is CCCNc1ccncc1C(=O)Nc1ccccc1I. The first-order valence-corrected chi connectivity index (χ1v) is 7.54. The highest BCUT2D eigenvalue weighted by molar-refractivity contribution is 14.1. The van der Waals surface area contributed by atoms with Crippen LogP contribution < -0.4 is 10.6 Å². The topological polar surface area (TPSA) is 54.0 Å². The third-order valence-corrected chi connectivity index (χ3v) is 3.69. The minimum Gasteiger partial charge on any atom is -0.384 e. The average Bonchev–Trinajstić information content (AvgIpc) is 2.47. The number of benzene rings is 1. The van der Waals surface area contributed by atoms with Gasteiger partial charge in [0, 0.05) is 22.5 Å². The van der Waals surface area contributed by atoms with Crippen LogP contribution in [0.5, 0.6) is 0 Å². The van der Waals surface area contributed by atoms with E-state index in [1.54, 1.807) is 12.4 Å². The smallest absolute Gasteiger partial charge is 0.259 e. The van der Waals surface area contributed by atoms with Crippen molar-refractivity contribution < 1.29 is 4.79 Å². The molecule has 2 N–H and O–H groups in total. The van der Waals surface area contributed by atoms with Gasteiger partial charge in [0.05, 0.1) is 16.9 Å². The molecule has 0 saturated carbocycles. The second kappa shape index (κ2) is 7.23. The largest absolute Gasteiger partial charge is 0.384 e. The van der Waals surface area contributed by atoms with Crippen LogP contribution in [0.25, 0.3) is 0 Å². The molecule has 4 nitrogen and oxygen atoms in total. The van der Waals surface area contributed by atoms with E-state index >= 15 is 0 Å². The first-order valence-electron chi connectivity index (χ1n) is 6.46. The Hall–Kier alpha value is -1.63. The zero-order valence-corrected chi connectivity index (χ0v) is 13.3. The normalized spacial score (nSPS) is 10.1. The highest BCUT2D eigenvalue weighted by atomic mass is 127. The molecule has 0 spiro atoms. The van der Waals surface area contributed by atoms with Gasteiger partial charge in [-0.25, -0.2) is 0 Å². The minimum atomic E-state index is -0.152. The van der Waals surface area contributed by atoms with Crippen molar-refractivity contribution in [3.8, 4) is 0 Å². The van der Waals surface area contributed by atoms with Crippen molar-refractivity contribution in [3.63, 3.8) is 0 Å². The number of pyridine rings is 1. The number of nitrogens with one attached hydrogen (secondary N) is 2. The third-order valence-electron chi connectivity index (χ3n) is 2.75. The maximum atomic E-state index is 12.4. The summed E-state index contributed by atoms with van der Waals surface area (Å²) in [5, 5.41) is 6.16. The summed E-state index contributed by atoms with van der Waals surface area (Å²) in [6.45, 7) is 2.91. The number of carbonyl (C=O) groups excluding carboxylic acids is 1. The summed E-state index contributed by atoms with van der Waals surface area (Å²) in [6, 6.07) is 9.50. The quantitative estimate of drug-likeness (QED) is 0.776. The predicted molar refractivity (Wildman–Crippen MR) is 90.1 cm³/mol. The molecule has 0 bridgehead atoms. The highest BCUT2D eigenvalue weighted by Crippen LogP contribution is 2.20. The summed E-state index contributed by atoms with van der Waals surface area (Å²) in [6.07, 6.45) is 4.27. The Morgan fingerprint density at radius 2 is 2.05 bits per heavy atom. The second-order valence-electron chi connectivity index (χ2n) is 4.28. The number of hydrogen-bond donors (Lipinski definition) is 2. The van der Waals surface area contributed by atoms with Gasteiger partial charge in [-0.15, -0.1) is 0 Å². The molecule has 2 rings (SSSR count). The van der Waals surface area contributed by atoms with E-state index in [1.807, 2.05) is 30.3 Å². The lowest BCUT2D eigenvalue weighted by atomic mass is 10.2. The number of anilines is 2. The van der Waals surface area contributed by atoms with Crippen LogP contribution in [0.1, 0.15) is 23.7 Å². The zero-order valence-electron chi connectivity index (χ0n) is 11.2. The van der Waals surface area contributed by atoms with Gasteiger partial charge < -0.3 is 10.6 Å². The molecule has 0 atom stereocenters. The molecule has 0 aliphatic rings. The monoisotopic (exact) mass is 381 g/mol. The Morgan fingerprint density at radius 1 is 1.25 bits per heavy atom. The molecule has 0 radical (unpaired) electrons. The van der Waals surface area contributed by atoms with Crippen LogP contribution in [0.4, 0.5) is 11.4 Å². The number of carbonyl (C=O) groups is 1. The fourth-order valence-corrected chi connectivity index (χ4v) is 2.26. The molecule has 0 saturated heterocycles. The van der Waals surface area contributed by atoms with Crippen LogP contribution >= 0.6 is 22.6 Å². The standard InChI is InChI=1S/C15H16IN3O/c1-2-8-18-13-7-9-17-10-11(13)15(20)19-14-6-4-3-5-12(14)16/h3-7,9-10H,2,8H2,1H3,(H,17,18)(H,19,20). The minimum absolute atomic E-state index is 0.152. The number of hydrogen-bond acceptors (Lipinski definition) is 3. The summed E-state index contributed by atoms with van der Waals surface area (Å²) in [5.41, 5.74) is 2.18. The summed E-state index contributed by atoms with van der Waals surface area (Å²) in [4.78, 5) is 16.4. The Labute approximate surface area is 132 Å². The van der Waals surface area contributed by atoms with Crippen molar-refractivity contribution in [2.45, 2.75) is 13.3 Å². The molecule has 104 valence electrons. The van der Waals surface area contributed by atoms with E-state index in [0.717, 1.165) is 27.9 Å². The van der Waals surface area contributed by atoms with E-state index in [2.05, 4.69) is 45.1 Å². The number of amides is 1. The molecule has 0 unspecified atom stereocenters. The van der Waals surface area contributed by atoms with Gasteiger partial charge in [0.1, 0.15) is 0 Å². The van der Waals surface area contributed by atoms with E-state index in [4.69, 9.17) is 0 Å². The van der Waals surface area contributed by atoms with Gasteiger partial charge in [-0.3, -0.25) is 9.78 Å². The lowest BCUT2D eigenvalue weighted by molar-refractivity contribution is 0.102. The third kappa shape index (κ3) is 3.69. The van der Waals surface area contributed by atoms with Crippen LogP contribution in [0.3, 0.4) is 0 Å². The van der Waals surface area contributed by atoms with Gasteiger partial charge in [0.15, 0.2) is 0 Å². The van der Waals surface area contributed by atoms with Crippen LogP contribution in [0.2, 0.25) is 0 Å². The molecule has 1 heterocycles. The second-order valence-corrected chi connectivity index (χ2v) is 5.44. The molecular weight excluding hydrogens is 365 g/mol. The summed E-state index contributed by atoms with van der Waals surface area (Å²) in [5.74, 6) is -0.152. The van der Waals surface area contributed by atoms with Gasteiger partial charge in [-0.1, -0.05) is 19.1 Å². The van der Waals surface area contributed by atoms with Gasteiger partial charge in [0.2, 0.25) is 0 Å². The van der Waals surface area contributed by atoms with Crippen LogP contribution in [0, 0.1) is 3.57 Å². The Kier molecular flexibility index (Phi) is 5.34. The maximum absolute atomic E-state index is 12.4. The van der Waals surface area contributed by atoms with E-state index in [1.165, 1.54) is 0 Å². The van der Waals surface area contributed by atoms with E-state index in [0.29, 0.717) is 5.56 Å². The fourth-order valence-electron chi connectivity index (χ4n) is 1.74. The lowest BCUT2D eigenvalue weighted by Crippen LogP contribution is -2.16. The van der Waals surface area contributed by atoms with Crippen LogP contribution in [-0.4, -0.2) is 17.4 Å². The van der Waals surface area contributed by atoms with Crippen molar-refractivity contribution in [2.75, 3.05) is 17.2 Å². The van der Waals surface area contributed by atoms with Gasteiger partial charge in [0.25, 0.3) is 5.91 Å². The number of para-hydroxylation sites is 1. The number of aromatic nitrogens is 1. The van der Waals surface area contributed by atoms with Gasteiger partial charge >= 0.3 is 0 Å². The molecule has 0 fully saturated rings. The first-order chi connectivity index (χ1) is 9.72. The number of nitrogens with zero attached hydrogens (tertiary/aromatic N) is 1. The molecule has 1 aromatic carbocycles. The van der Waals surface area contributed by atoms with Crippen molar-refractivity contribution in [3.05, 3.63) is 51.9 Å². The molecule has 0 aliphatic carbocycles. The van der Waals surface area contributed by atoms with Gasteiger partial charge in [-0.2, -0.15) is 0 Å². The highest BCUT2D eigenvalue weighted by Gasteiger charge is 2.12. The van der Waals surface area contributed by atoms with Gasteiger partial charge in [-0.05, 0) is 47.2 Å². The summed E-state index contributed by atoms with van der Waals surface area (Å²) in [7, 11) is 0. The Morgan fingerprint density at radius 3 is 2.80 bits per heavy atom. The lowest BCUT2D eigenvalue weighted by Gasteiger charge is -2.11. The van der Waals surface area contributed by atoms with E-state index < -0.39 is 0 Å². The molecule has 5 heteroatoms. The Balaban J connectivity index is 2.19. The number of halogens is 1. The zero-order chi connectivity index (χ0) is 14.4. The van der Waals surface area contributed by atoms with Crippen molar-refractivity contribution in [1.29, 1.82) is 0 Å². The molecule has 1 aromatic heterocycles. The van der Waals surface area contributed by atoms with Crippen LogP contribution in [0.15, 0.2) is 42.7 Å². The fraction of sp³-hybridized carbons (Fsp3) is 0.200. The summed E-state index contributed by atoms with van der Waals surface area (Å²) < 4.78 is 1.01. The van der Waals surface area contributed by atoms with E-state index in [9.17, 15) is 4.79 Å². The van der Waals surface area contributed by atoms with Crippen molar-refractivity contribution >= 4 is 39.9 Å². The molecular formula is C15H16IN3O. The van der Waals surface area contributed by atoms with Crippen molar-refractivity contribution in [2.24, 2.45) is 0 Å². The molecule has 0 aliphatic heterocycles. The molecule has 20 heavy (non-hydrogen) atoms. The molecule has 2 aromatic rings. The van der Waals surface area contributed by atoms with Crippen LogP contribution in [-0.2, 0) is 0 Å². The Bertz CT molecular complexity index is 601. The maximum Gasteiger partial charge on any atom is 0.259 e. The number of rotatable bonds is 5. The first kappa shape index (κ1) is 14.8. The van der Waals surface area contributed by atoms with E-state index in [-0.39, 0.29) is 5.91 Å².